The molecule has 0 aromatic heterocycles. The van der Waals surface area contributed by atoms with Gasteiger partial charge in [0.05, 0.1) is 6.07 Å². The van der Waals surface area contributed by atoms with E-state index in [2.05, 4.69) is 30.0 Å². The lowest BCUT2D eigenvalue weighted by molar-refractivity contribution is 0.156. The molecule has 0 fully saturated rings. The Kier molecular flexibility index (Phi) is 4.00. The van der Waals surface area contributed by atoms with E-state index >= 15 is 0 Å². The number of likely N-dealkylation sites (N-methyl/N-ethyl adjacent to an activating group) is 1. The minimum Gasteiger partial charge on any atom is -0.488 e. The standard InChI is InChI=1S/C14H18N2O/c1-2-16(9-5-8-15)11-13-10-12-6-3-4-7-14(12)17-13/h3-4,6-7,13H,2,5,9-11H2,1H3. The molecule has 1 aromatic rings. The maximum atomic E-state index is 8.61. The van der Waals surface area contributed by atoms with Crippen LogP contribution in [0.25, 0.3) is 0 Å². The molecule has 1 heterocycles. The first-order valence-electron chi connectivity index (χ1n) is 6.17. The second-order valence-electron chi connectivity index (χ2n) is 4.35. The first-order chi connectivity index (χ1) is 8.33. The first kappa shape index (κ1) is 11.9. The Morgan fingerprint density at radius 3 is 3.00 bits per heavy atom. The fraction of sp³-hybridized carbons (Fsp3) is 0.500. The van der Waals surface area contributed by atoms with E-state index < -0.39 is 0 Å². The van der Waals surface area contributed by atoms with Gasteiger partial charge in [-0.1, -0.05) is 25.1 Å². The van der Waals surface area contributed by atoms with E-state index in [1.54, 1.807) is 0 Å². The van der Waals surface area contributed by atoms with E-state index in [0.717, 1.165) is 31.8 Å². The Bertz CT molecular complexity index is 386. The van der Waals surface area contributed by atoms with Gasteiger partial charge >= 0.3 is 0 Å². The fourth-order valence-corrected chi connectivity index (χ4v) is 2.23. The quantitative estimate of drug-likeness (QED) is 0.778. The van der Waals surface area contributed by atoms with Gasteiger partial charge < -0.3 is 4.74 Å². The van der Waals surface area contributed by atoms with Crippen molar-refractivity contribution < 1.29 is 4.74 Å². The molecule has 1 unspecified atom stereocenters. The summed E-state index contributed by atoms with van der Waals surface area (Å²) in [7, 11) is 0. The smallest absolute Gasteiger partial charge is 0.123 e. The van der Waals surface area contributed by atoms with Gasteiger partial charge in [-0.25, -0.2) is 0 Å². The van der Waals surface area contributed by atoms with Crippen LogP contribution >= 0.6 is 0 Å². The van der Waals surface area contributed by atoms with Gasteiger partial charge in [0.1, 0.15) is 11.9 Å². The van der Waals surface area contributed by atoms with Gasteiger partial charge in [0.15, 0.2) is 0 Å². The summed E-state index contributed by atoms with van der Waals surface area (Å²) in [6.07, 6.45) is 1.82. The van der Waals surface area contributed by atoms with Crippen molar-refractivity contribution in [2.24, 2.45) is 0 Å². The zero-order chi connectivity index (χ0) is 12.1. The van der Waals surface area contributed by atoms with E-state index in [1.165, 1.54) is 5.56 Å². The predicted octanol–water partition coefficient (Wildman–Crippen LogP) is 2.23. The molecule has 1 atom stereocenters. The topological polar surface area (TPSA) is 36.3 Å². The molecule has 0 saturated heterocycles. The van der Waals surface area contributed by atoms with Gasteiger partial charge in [0, 0.05) is 25.9 Å². The Hall–Kier alpha value is -1.53. The molecular weight excluding hydrogens is 212 g/mol. The second kappa shape index (κ2) is 5.70. The van der Waals surface area contributed by atoms with E-state index in [9.17, 15) is 0 Å². The van der Waals surface area contributed by atoms with E-state index in [0.29, 0.717) is 6.42 Å². The molecule has 0 saturated carbocycles. The van der Waals surface area contributed by atoms with E-state index in [-0.39, 0.29) is 6.10 Å². The molecule has 1 aromatic carbocycles. The van der Waals surface area contributed by atoms with Crippen molar-refractivity contribution >= 4 is 0 Å². The van der Waals surface area contributed by atoms with Crippen LogP contribution in [0, 0.1) is 11.3 Å². The Morgan fingerprint density at radius 1 is 1.47 bits per heavy atom. The number of fused-ring (bicyclic) bond motifs is 1. The third-order valence-corrected chi connectivity index (χ3v) is 3.16. The van der Waals surface area contributed by atoms with Gasteiger partial charge in [-0.3, -0.25) is 4.90 Å². The lowest BCUT2D eigenvalue weighted by Crippen LogP contribution is -2.35. The van der Waals surface area contributed by atoms with Gasteiger partial charge in [-0.2, -0.15) is 5.26 Å². The number of nitriles is 1. The summed E-state index contributed by atoms with van der Waals surface area (Å²) < 4.78 is 5.89. The number of rotatable bonds is 5. The second-order valence-corrected chi connectivity index (χ2v) is 4.35. The van der Waals surface area contributed by atoms with Crippen LogP contribution in [0.3, 0.4) is 0 Å². The third kappa shape index (κ3) is 2.98. The molecule has 90 valence electrons. The van der Waals surface area contributed by atoms with Crippen LogP contribution in [0.4, 0.5) is 0 Å². The van der Waals surface area contributed by atoms with Crippen molar-refractivity contribution in [2.75, 3.05) is 19.6 Å². The summed E-state index contributed by atoms with van der Waals surface area (Å²) >= 11 is 0. The van der Waals surface area contributed by atoms with Gasteiger partial charge in [-0.15, -0.1) is 0 Å². The molecule has 0 aliphatic carbocycles. The van der Waals surface area contributed by atoms with Gasteiger partial charge in [0.25, 0.3) is 0 Å². The SMILES string of the molecule is CCN(CCC#N)CC1Cc2ccccc2O1. The van der Waals surface area contributed by atoms with Crippen molar-refractivity contribution in [3.63, 3.8) is 0 Å². The van der Waals surface area contributed by atoms with Crippen molar-refractivity contribution in [1.29, 1.82) is 5.26 Å². The molecule has 0 spiro atoms. The summed E-state index contributed by atoms with van der Waals surface area (Å²) in [6.45, 7) is 4.84. The van der Waals surface area contributed by atoms with Crippen LogP contribution in [0.1, 0.15) is 18.9 Å². The molecule has 0 radical (unpaired) electrons. The molecule has 2 rings (SSSR count). The Morgan fingerprint density at radius 2 is 2.29 bits per heavy atom. The van der Waals surface area contributed by atoms with E-state index in [1.807, 2.05) is 12.1 Å². The highest BCUT2D eigenvalue weighted by atomic mass is 16.5. The number of ether oxygens (including phenoxy) is 1. The number of hydrogen-bond acceptors (Lipinski definition) is 3. The molecule has 0 bridgehead atoms. The van der Waals surface area contributed by atoms with Crippen LogP contribution in [0.15, 0.2) is 24.3 Å². The normalized spacial score (nSPS) is 17.6. The molecule has 17 heavy (non-hydrogen) atoms. The molecule has 0 amide bonds. The minimum atomic E-state index is 0.242. The highest BCUT2D eigenvalue weighted by molar-refractivity contribution is 5.37. The Labute approximate surface area is 103 Å². The monoisotopic (exact) mass is 230 g/mol. The highest BCUT2D eigenvalue weighted by Gasteiger charge is 2.23. The highest BCUT2D eigenvalue weighted by Crippen LogP contribution is 2.28. The van der Waals surface area contributed by atoms with Crippen LogP contribution in [0.2, 0.25) is 0 Å². The molecule has 3 heteroatoms. The van der Waals surface area contributed by atoms with Crippen molar-refractivity contribution in [2.45, 2.75) is 25.9 Å². The summed E-state index contributed by atoms with van der Waals surface area (Å²) in [5, 5.41) is 8.61. The summed E-state index contributed by atoms with van der Waals surface area (Å²) in [5.74, 6) is 1.02. The average Bonchev–Trinajstić information content (AvgIpc) is 2.76. The van der Waals surface area contributed by atoms with E-state index in [4.69, 9.17) is 10.00 Å². The summed E-state index contributed by atoms with van der Waals surface area (Å²) in [5.41, 5.74) is 1.30. The summed E-state index contributed by atoms with van der Waals surface area (Å²) in [6, 6.07) is 10.4. The van der Waals surface area contributed by atoms with Crippen LogP contribution in [-0.2, 0) is 6.42 Å². The largest absolute Gasteiger partial charge is 0.488 e. The lowest BCUT2D eigenvalue weighted by atomic mass is 10.1. The molecule has 1 aliphatic rings. The number of para-hydroxylation sites is 1. The molecule has 0 N–H and O–H groups in total. The van der Waals surface area contributed by atoms with Crippen LogP contribution in [-0.4, -0.2) is 30.6 Å². The third-order valence-electron chi connectivity index (χ3n) is 3.16. The molecule has 3 nitrogen and oxygen atoms in total. The predicted molar refractivity (Wildman–Crippen MR) is 66.9 cm³/mol. The summed E-state index contributed by atoms with van der Waals surface area (Å²) in [4.78, 5) is 2.28. The Balaban J connectivity index is 1.88. The zero-order valence-electron chi connectivity index (χ0n) is 10.2. The molecule has 1 aliphatic heterocycles. The maximum Gasteiger partial charge on any atom is 0.123 e. The zero-order valence-corrected chi connectivity index (χ0v) is 10.2. The van der Waals surface area contributed by atoms with Gasteiger partial charge in [-0.05, 0) is 18.2 Å². The minimum absolute atomic E-state index is 0.242. The molecular formula is C14H18N2O. The number of benzene rings is 1. The lowest BCUT2D eigenvalue weighted by Gasteiger charge is -2.22. The van der Waals surface area contributed by atoms with Gasteiger partial charge in [0.2, 0.25) is 0 Å². The first-order valence-corrected chi connectivity index (χ1v) is 6.17. The maximum absolute atomic E-state index is 8.61. The van der Waals surface area contributed by atoms with Crippen LogP contribution in [0.5, 0.6) is 5.75 Å². The van der Waals surface area contributed by atoms with Crippen molar-refractivity contribution in [3.8, 4) is 11.8 Å². The van der Waals surface area contributed by atoms with Crippen molar-refractivity contribution in [1.82, 2.24) is 4.90 Å². The number of nitrogens with zero attached hydrogens (tertiary/aromatic N) is 2. The fourth-order valence-electron chi connectivity index (χ4n) is 2.23. The van der Waals surface area contributed by atoms with Crippen molar-refractivity contribution in [3.05, 3.63) is 29.8 Å². The number of hydrogen-bond donors (Lipinski definition) is 0. The van der Waals surface area contributed by atoms with Crippen LogP contribution < -0.4 is 4.74 Å². The average molecular weight is 230 g/mol.